The van der Waals surface area contributed by atoms with Crippen molar-refractivity contribution in [2.75, 3.05) is 6.61 Å². The zero-order chi connectivity index (χ0) is 9.97. The smallest absolute Gasteiger partial charge is 0.120 e. The molecule has 0 atom stereocenters. The van der Waals surface area contributed by atoms with E-state index in [0.29, 0.717) is 12.8 Å². The Balaban J connectivity index is 2.59. The molecule has 2 rings (SSSR count). The van der Waals surface area contributed by atoms with Gasteiger partial charge in [-0.15, -0.1) is 0 Å². The second-order valence-electron chi connectivity index (χ2n) is 3.29. The minimum atomic E-state index is -0.209. The summed E-state index contributed by atoms with van der Waals surface area (Å²) in [6.07, 6.45) is 7.99. The van der Waals surface area contributed by atoms with Gasteiger partial charge in [0.15, 0.2) is 0 Å². The molecule has 0 spiro atoms. The van der Waals surface area contributed by atoms with E-state index in [1.807, 2.05) is 12.3 Å². The second-order valence-corrected chi connectivity index (χ2v) is 3.29. The molecule has 74 valence electrons. The summed E-state index contributed by atoms with van der Waals surface area (Å²) in [7, 11) is 0. The Labute approximate surface area is 81.1 Å². The molecule has 0 fully saturated rings. The van der Waals surface area contributed by atoms with Gasteiger partial charge in [-0.1, -0.05) is 6.08 Å². The lowest BCUT2D eigenvalue weighted by atomic mass is 10.2. The molecule has 1 aliphatic rings. The summed E-state index contributed by atoms with van der Waals surface area (Å²) < 4.78 is 13.1. The van der Waals surface area contributed by atoms with E-state index in [9.17, 15) is 4.39 Å². The minimum absolute atomic E-state index is 0.0868. The Kier molecular flexibility index (Phi) is 2.50. The molecule has 0 saturated carbocycles. The van der Waals surface area contributed by atoms with Crippen molar-refractivity contribution in [2.45, 2.75) is 12.8 Å². The fraction of sp³-hybridized carbons (Fsp3) is 0.273. The molecule has 1 heterocycles. The summed E-state index contributed by atoms with van der Waals surface area (Å²) in [5, 5.41) is 10.6. The van der Waals surface area contributed by atoms with Crippen molar-refractivity contribution in [3.05, 3.63) is 34.2 Å². The molecule has 3 heteroatoms. The maximum atomic E-state index is 13.1. The van der Waals surface area contributed by atoms with E-state index < -0.39 is 0 Å². The standard InChI is InChI=1S/C11H12FNO/c12-9-2-1-3-11-10(6-9)8(4-5-14)7-13-11/h2-3,6-7,13-14H,1,4-5H2. The molecule has 0 unspecified atom stereocenters. The molecule has 0 amide bonds. The van der Waals surface area contributed by atoms with Gasteiger partial charge in [0.1, 0.15) is 5.83 Å². The van der Waals surface area contributed by atoms with Crippen LogP contribution in [0.4, 0.5) is 4.39 Å². The summed E-state index contributed by atoms with van der Waals surface area (Å²) in [6.45, 7) is 0.0868. The average Bonchev–Trinajstić information content (AvgIpc) is 2.44. The lowest BCUT2D eigenvalue weighted by Gasteiger charge is -1.91. The Morgan fingerprint density at radius 3 is 3.07 bits per heavy atom. The van der Waals surface area contributed by atoms with Crippen LogP contribution in [-0.2, 0) is 6.42 Å². The third-order valence-corrected chi connectivity index (χ3v) is 2.34. The van der Waals surface area contributed by atoms with Crippen molar-refractivity contribution >= 4 is 12.2 Å². The summed E-state index contributed by atoms with van der Waals surface area (Å²) >= 11 is 0. The molecule has 0 aromatic carbocycles. The highest BCUT2D eigenvalue weighted by atomic mass is 19.1. The van der Waals surface area contributed by atoms with Gasteiger partial charge in [0.2, 0.25) is 0 Å². The molecular formula is C11H12FNO. The summed E-state index contributed by atoms with van der Waals surface area (Å²) in [4.78, 5) is 3.07. The van der Waals surface area contributed by atoms with E-state index in [4.69, 9.17) is 5.11 Å². The molecule has 0 aliphatic heterocycles. The van der Waals surface area contributed by atoms with Crippen molar-refractivity contribution in [1.29, 1.82) is 0 Å². The molecule has 0 radical (unpaired) electrons. The van der Waals surface area contributed by atoms with Gasteiger partial charge in [-0.2, -0.15) is 0 Å². The van der Waals surface area contributed by atoms with Crippen LogP contribution < -0.4 is 10.6 Å². The fourth-order valence-corrected chi connectivity index (χ4v) is 1.65. The molecule has 2 N–H and O–H groups in total. The van der Waals surface area contributed by atoms with Gasteiger partial charge in [-0.3, -0.25) is 0 Å². The molecule has 0 saturated heterocycles. The maximum Gasteiger partial charge on any atom is 0.120 e. The van der Waals surface area contributed by atoms with Crippen LogP contribution in [0.5, 0.6) is 0 Å². The topological polar surface area (TPSA) is 36.0 Å². The Hall–Kier alpha value is -1.35. The number of nitrogens with one attached hydrogen (secondary N) is 1. The first-order valence-electron chi connectivity index (χ1n) is 4.66. The Bertz CT molecular complexity index is 470. The summed E-state index contributed by atoms with van der Waals surface area (Å²) in [5.41, 5.74) is 0.962. The van der Waals surface area contributed by atoms with Crippen molar-refractivity contribution in [3.63, 3.8) is 0 Å². The number of aromatic nitrogens is 1. The number of aliphatic hydroxyl groups is 1. The van der Waals surface area contributed by atoms with E-state index in [2.05, 4.69) is 4.98 Å². The van der Waals surface area contributed by atoms with Gasteiger partial charge < -0.3 is 10.1 Å². The van der Waals surface area contributed by atoms with E-state index in [1.54, 1.807) is 0 Å². The number of allylic oxidation sites excluding steroid dienone is 2. The largest absolute Gasteiger partial charge is 0.396 e. The third-order valence-electron chi connectivity index (χ3n) is 2.34. The monoisotopic (exact) mass is 193 g/mol. The fourth-order valence-electron chi connectivity index (χ4n) is 1.65. The molecule has 1 aromatic heterocycles. The van der Waals surface area contributed by atoms with Crippen molar-refractivity contribution < 1.29 is 9.50 Å². The van der Waals surface area contributed by atoms with E-state index in [1.165, 1.54) is 12.2 Å². The van der Waals surface area contributed by atoms with Gasteiger partial charge in [0, 0.05) is 23.4 Å². The Morgan fingerprint density at radius 1 is 1.43 bits per heavy atom. The quantitative estimate of drug-likeness (QED) is 0.699. The van der Waals surface area contributed by atoms with Gasteiger partial charge in [-0.25, -0.2) is 4.39 Å². The van der Waals surface area contributed by atoms with E-state index in [-0.39, 0.29) is 12.4 Å². The molecule has 0 bridgehead atoms. The minimum Gasteiger partial charge on any atom is -0.396 e. The third kappa shape index (κ3) is 1.63. The number of aliphatic hydroxyl groups excluding tert-OH is 1. The lowest BCUT2D eigenvalue weighted by Crippen LogP contribution is -2.24. The molecule has 2 nitrogen and oxygen atoms in total. The summed E-state index contributed by atoms with van der Waals surface area (Å²) in [6, 6.07) is 0. The highest BCUT2D eigenvalue weighted by molar-refractivity contribution is 5.49. The number of halogens is 1. The highest BCUT2D eigenvalue weighted by Gasteiger charge is 2.02. The van der Waals surface area contributed by atoms with Gasteiger partial charge in [0.05, 0.1) is 0 Å². The van der Waals surface area contributed by atoms with E-state index >= 15 is 0 Å². The van der Waals surface area contributed by atoms with Crippen LogP contribution in [0.2, 0.25) is 0 Å². The number of fused-ring (bicyclic) bond motifs is 1. The van der Waals surface area contributed by atoms with Crippen LogP contribution in [-0.4, -0.2) is 16.7 Å². The first kappa shape index (κ1) is 9.21. The SMILES string of the molecule is OCCc1c[nH]c2c1=CC(F)=CCC=2. The Morgan fingerprint density at radius 2 is 2.29 bits per heavy atom. The molecule has 1 aromatic rings. The van der Waals surface area contributed by atoms with Crippen LogP contribution >= 0.6 is 0 Å². The van der Waals surface area contributed by atoms with Gasteiger partial charge in [0.25, 0.3) is 0 Å². The number of H-pyrrole nitrogens is 1. The zero-order valence-electron chi connectivity index (χ0n) is 7.76. The normalized spacial score (nSPS) is 14.9. The number of rotatable bonds is 2. The first-order valence-corrected chi connectivity index (χ1v) is 4.66. The zero-order valence-corrected chi connectivity index (χ0v) is 7.76. The number of aromatic amines is 1. The molecule has 1 aliphatic carbocycles. The molecular weight excluding hydrogens is 181 g/mol. The van der Waals surface area contributed by atoms with Gasteiger partial charge >= 0.3 is 0 Å². The maximum absolute atomic E-state index is 13.1. The van der Waals surface area contributed by atoms with Crippen molar-refractivity contribution in [3.8, 4) is 0 Å². The van der Waals surface area contributed by atoms with E-state index in [0.717, 1.165) is 16.1 Å². The number of hydrogen-bond acceptors (Lipinski definition) is 1. The predicted molar refractivity (Wildman–Crippen MR) is 53.6 cm³/mol. The predicted octanol–water partition coefficient (Wildman–Crippen LogP) is 0.368. The lowest BCUT2D eigenvalue weighted by molar-refractivity contribution is 0.299. The van der Waals surface area contributed by atoms with Crippen LogP contribution in [0, 0.1) is 0 Å². The van der Waals surface area contributed by atoms with Crippen LogP contribution in [0.25, 0.3) is 12.2 Å². The van der Waals surface area contributed by atoms with Crippen molar-refractivity contribution in [1.82, 2.24) is 4.98 Å². The van der Waals surface area contributed by atoms with Crippen molar-refractivity contribution in [2.24, 2.45) is 0 Å². The van der Waals surface area contributed by atoms with Gasteiger partial charge in [-0.05, 0) is 30.6 Å². The highest BCUT2D eigenvalue weighted by Crippen LogP contribution is 2.03. The van der Waals surface area contributed by atoms with Crippen LogP contribution in [0.1, 0.15) is 12.0 Å². The first-order chi connectivity index (χ1) is 6.81. The van der Waals surface area contributed by atoms with Crippen LogP contribution in [0.15, 0.2) is 18.1 Å². The molecule has 14 heavy (non-hydrogen) atoms. The number of hydrogen-bond donors (Lipinski definition) is 2. The average molecular weight is 193 g/mol. The summed E-state index contributed by atoms with van der Waals surface area (Å²) in [5.74, 6) is -0.209. The second kappa shape index (κ2) is 3.80. The van der Waals surface area contributed by atoms with Crippen LogP contribution in [0.3, 0.4) is 0 Å².